The molecule has 2 aromatic rings. The molecule has 0 aromatic carbocycles. The molecule has 1 atom stereocenters. The van der Waals surface area contributed by atoms with Crippen molar-refractivity contribution in [2.24, 2.45) is 13.0 Å². The van der Waals surface area contributed by atoms with Gasteiger partial charge in [0.25, 0.3) is 0 Å². The summed E-state index contributed by atoms with van der Waals surface area (Å²) < 4.78 is 69.0. The monoisotopic (exact) mass is 405 g/mol. The molecule has 0 bridgehead atoms. The van der Waals surface area contributed by atoms with Crippen LogP contribution in [0.2, 0.25) is 0 Å². The minimum Gasteiger partial charge on any atom is -0.272 e. The topological polar surface area (TPSA) is 81.8 Å². The molecule has 11 heteroatoms. The van der Waals surface area contributed by atoms with E-state index < -0.39 is 21.9 Å². The number of halogens is 3. The molecule has 0 aliphatic heterocycles. The lowest BCUT2D eigenvalue weighted by Gasteiger charge is -2.15. The molecule has 3 rings (SSSR count). The van der Waals surface area contributed by atoms with E-state index in [-0.39, 0.29) is 29.8 Å². The average molecular weight is 405 g/mol. The molecular formula is C16H22F3N5O2S. The van der Waals surface area contributed by atoms with Crippen LogP contribution in [-0.2, 0) is 29.8 Å². The van der Waals surface area contributed by atoms with E-state index in [1.165, 1.54) is 15.6 Å². The van der Waals surface area contributed by atoms with Crippen molar-refractivity contribution < 1.29 is 21.6 Å². The van der Waals surface area contributed by atoms with Crippen LogP contribution in [0.5, 0.6) is 0 Å². The molecule has 1 N–H and O–H groups in total. The van der Waals surface area contributed by atoms with Crippen LogP contribution in [0, 0.1) is 12.8 Å². The zero-order valence-corrected chi connectivity index (χ0v) is 16.1. The lowest BCUT2D eigenvalue weighted by Crippen LogP contribution is -2.30. The third-order valence-corrected chi connectivity index (χ3v) is 6.21. The molecule has 1 aliphatic rings. The first-order valence-corrected chi connectivity index (χ1v) is 10.1. The summed E-state index contributed by atoms with van der Waals surface area (Å²) in [7, 11) is -2.09. The highest BCUT2D eigenvalue weighted by Gasteiger charge is 2.38. The van der Waals surface area contributed by atoms with E-state index in [0.29, 0.717) is 11.4 Å². The SMILES string of the molecule is Cc1c(S(=O)(=O)NCC(C)Cn2nc(C(F)(F)F)cc2C2CC2)cnn1C. The minimum absolute atomic E-state index is 0.0853. The second-order valence-corrected chi connectivity index (χ2v) is 8.82. The van der Waals surface area contributed by atoms with Gasteiger partial charge in [-0.1, -0.05) is 6.92 Å². The summed E-state index contributed by atoms with van der Waals surface area (Å²) in [6, 6.07) is 1.10. The Balaban J connectivity index is 1.68. The van der Waals surface area contributed by atoms with E-state index in [9.17, 15) is 21.6 Å². The third kappa shape index (κ3) is 4.34. The Morgan fingerprint density at radius 2 is 2.04 bits per heavy atom. The quantitative estimate of drug-likeness (QED) is 0.767. The Hall–Kier alpha value is -1.88. The predicted molar refractivity (Wildman–Crippen MR) is 91.5 cm³/mol. The van der Waals surface area contributed by atoms with E-state index >= 15 is 0 Å². The maximum Gasteiger partial charge on any atom is 0.435 e. The highest BCUT2D eigenvalue weighted by Crippen LogP contribution is 2.42. The smallest absolute Gasteiger partial charge is 0.272 e. The molecule has 1 fully saturated rings. The van der Waals surface area contributed by atoms with Crippen LogP contribution in [0.4, 0.5) is 13.2 Å². The van der Waals surface area contributed by atoms with Gasteiger partial charge in [-0.05, 0) is 31.7 Å². The summed E-state index contributed by atoms with van der Waals surface area (Å²) in [6.07, 6.45) is -1.51. The van der Waals surface area contributed by atoms with Gasteiger partial charge in [-0.2, -0.15) is 23.4 Å². The second-order valence-electron chi connectivity index (χ2n) is 7.08. The molecular weight excluding hydrogens is 383 g/mol. The normalized spacial score (nSPS) is 16.7. The van der Waals surface area contributed by atoms with Crippen LogP contribution in [0.1, 0.15) is 42.8 Å². The number of aryl methyl sites for hydroxylation is 1. The maximum atomic E-state index is 13.0. The van der Waals surface area contributed by atoms with Crippen molar-refractivity contribution in [2.45, 2.75) is 50.2 Å². The number of aromatic nitrogens is 4. The van der Waals surface area contributed by atoms with E-state index in [1.807, 2.05) is 0 Å². The Kier molecular flexibility index (Phi) is 5.10. The number of rotatable bonds is 7. The third-order valence-electron chi connectivity index (χ3n) is 4.68. The van der Waals surface area contributed by atoms with Crippen molar-refractivity contribution in [3.8, 4) is 0 Å². The van der Waals surface area contributed by atoms with Crippen molar-refractivity contribution in [1.29, 1.82) is 0 Å². The average Bonchev–Trinajstić information content (AvgIpc) is 3.23. The van der Waals surface area contributed by atoms with E-state index in [0.717, 1.165) is 18.9 Å². The standard InChI is InChI=1S/C16H22F3N5O2S/c1-10(7-21-27(25,26)14-8-20-23(3)11(14)2)9-24-13(12-4-5-12)6-15(22-24)16(17,18)19/h6,8,10,12,21H,4-5,7,9H2,1-3H3. The van der Waals surface area contributed by atoms with Crippen LogP contribution in [-0.4, -0.2) is 34.5 Å². The first kappa shape index (κ1) is 19.9. The molecule has 1 aliphatic carbocycles. The van der Waals surface area contributed by atoms with Gasteiger partial charge in [0, 0.05) is 31.7 Å². The van der Waals surface area contributed by atoms with Gasteiger partial charge in [0.1, 0.15) is 4.90 Å². The van der Waals surface area contributed by atoms with Gasteiger partial charge in [-0.15, -0.1) is 0 Å². The molecule has 1 unspecified atom stereocenters. The number of alkyl halides is 3. The Bertz CT molecular complexity index is 928. The summed E-state index contributed by atoms with van der Waals surface area (Å²) >= 11 is 0. The summed E-state index contributed by atoms with van der Waals surface area (Å²) in [6.45, 7) is 3.71. The highest BCUT2D eigenvalue weighted by molar-refractivity contribution is 7.89. The zero-order chi connectivity index (χ0) is 20.0. The van der Waals surface area contributed by atoms with Crippen LogP contribution in [0.3, 0.4) is 0 Å². The lowest BCUT2D eigenvalue weighted by atomic mass is 10.2. The van der Waals surface area contributed by atoms with E-state index in [1.54, 1.807) is 20.9 Å². The summed E-state index contributed by atoms with van der Waals surface area (Å²) in [5.41, 5.74) is 0.177. The second kappa shape index (κ2) is 6.93. The van der Waals surface area contributed by atoms with Crippen LogP contribution in [0.15, 0.2) is 17.2 Å². The number of hydrogen-bond donors (Lipinski definition) is 1. The molecule has 150 valence electrons. The summed E-state index contributed by atoms with van der Waals surface area (Å²) in [5.74, 6) is -0.134. The fourth-order valence-corrected chi connectivity index (χ4v) is 4.22. The van der Waals surface area contributed by atoms with Crippen molar-refractivity contribution in [2.75, 3.05) is 6.54 Å². The summed E-state index contributed by atoms with van der Waals surface area (Å²) in [4.78, 5) is 0.0920. The molecule has 2 aromatic heterocycles. The number of hydrogen-bond acceptors (Lipinski definition) is 4. The van der Waals surface area contributed by atoms with Crippen LogP contribution in [0.25, 0.3) is 0 Å². The first-order valence-electron chi connectivity index (χ1n) is 8.62. The molecule has 7 nitrogen and oxygen atoms in total. The van der Waals surface area contributed by atoms with Crippen molar-refractivity contribution in [3.05, 3.63) is 29.3 Å². The van der Waals surface area contributed by atoms with Gasteiger partial charge in [-0.25, -0.2) is 13.1 Å². The summed E-state index contributed by atoms with van der Waals surface area (Å²) in [5, 5.41) is 7.62. The Morgan fingerprint density at radius 1 is 1.37 bits per heavy atom. The van der Waals surface area contributed by atoms with Gasteiger partial charge in [0.2, 0.25) is 10.0 Å². The lowest BCUT2D eigenvalue weighted by molar-refractivity contribution is -0.141. The van der Waals surface area contributed by atoms with Crippen molar-refractivity contribution >= 4 is 10.0 Å². The largest absolute Gasteiger partial charge is 0.435 e. The van der Waals surface area contributed by atoms with Gasteiger partial charge < -0.3 is 0 Å². The molecule has 0 saturated heterocycles. The van der Waals surface area contributed by atoms with Gasteiger partial charge in [0.05, 0.1) is 11.9 Å². The molecule has 0 radical (unpaired) electrons. The molecule has 27 heavy (non-hydrogen) atoms. The van der Waals surface area contributed by atoms with Crippen LogP contribution >= 0.6 is 0 Å². The van der Waals surface area contributed by atoms with Gasteiger partial charge in [-0.3, -0.25) is 9.36 Å². The Labute approximate surface area is 155 Å². The van der Waals surface area contributed by atoms with Crippen molar-refractivity contribution in [1.82, 2.24) is 24.3 Å². The molecule has 0 spiro atoms. The van der Waals surface area contributed by atoms with Gasteiger partial charge in [0.15, 0.2) is 5.69 Å². The highest BCUT2D eigenvalue weighted by atomic mass is 32.2. The fourth-order valence-electron chi connectivity index (χ4n) is 2.86. The number of sulfonamides is 1. The molecule has 2 heterocycles. The van der Waals surface area contributed by atoms with Crippen molar-refractivity contribution in [3.63, 3.8) is 0 Å². The zero-order valence-electron chi connectivity index (χ0n) is 15.3. The van der Waals surface area contributed by atoms with E-state index in [2.05, 4.69) is 14.9 Å². The molecule has 0 amide bonds. The van der Waals surface area contributed by atoms with Crippen LogP contribution < -0.4 is 4.72 Å². The minimum atomic E-state index is -4.49. The predicted octanol–water partition coefficient (Wildman–Crippen LogP) is 2.44. The Morgan fingerprint density at radius 3 is 2.56 bits per heavy atom. The maximum absolute atomic E-state index is 13.0. The van der Waals surface area contributed by atoms with E-state index in [4.69, 9.17) is 0 Å². The molecule has 1 saturated carbocycles. The van der Waals surface area contributed by atoms with Gasteiger partial charge >= 0.3 is 6.18 Å². The number of nitrogens with zero attached hydrogens (tertiary/aromatic N) is 4. The number of nitrogens with one attached hydrogen (secondary N) is 1. The fraction of sp³-hybridized carbons (Fsp3) is 0.625. The first-order chi connectivity index (χ1) is 12.5.